The van der Waals surface area contributed by atoms with Gasteiger partial charge in [0, 0.05) is 23.7 Å². The summed E-state index contributed by atoms with van der Waals surface area (Å²) in [5, 5.41) is 4.91. The number of hydrogen-bond acceptors (Lipinski definition) is 1. The van der Waals surface area contributed by atoms with Crippen molar-refractivity contribution in [3.05, 3.63) is 71.4 Å². The van der Waals surface area contributed by atoms with Gasteiger partial charge in [-0.2, -0.15) is 0 Å². The number of aromatic amines is 1. The standard InChI is InChI=1S/C21H24N2/c1-2-16-4-3-5-17(12-16)14-21(9-11-22-15-21)19-6-7-20-18(13-19)8-10-23-20/h3-8,10,12-13,22-23H,2,9,11,14-15H2,1H3. The van der Waals surface area contributed by atoms with E-state index in [1.54, 1.807) is 0 Å². The Morgan fingerprint density at radius 1 is 1.04 bits per heavy atom. The minimum absolute atomic E-state index is 0.220. The predicted molar refractivity (Wildman–Crippen MR) is 97.0 cm³/mol. The van der Waals surface area contributed by atoms with Crippen LogP contribution in [0.2, 0.25) is 0 Å². The lowest BCUT2D eigenvalue weighted by molar-refractivity contribution is 0.468. The largest absolute Gasteiger partial charge is 0.361 e. The van der Waals surface area contributed by atoms with Gasteiger partial charge in [0.25, 0.3) is 0 Å². The van der Waals surface area contributed by atoms with Gasteiger partial charge in [-0.05, 0) is 66.1 Å². The molecule has 2 heteroatoms. The van der Waals surface area contributed by atoms with Crippen LogP contribution in [0.15, 0.2) is 54.7 Å². The maximum absolute atomic E-state index is 3.59. The van der Waals surface area contributed by atoms with Gasteiger partial charge in [0.2, 0.25) is 0 Å². The lowest BCUT2D eigenvalue weighted by atomic mass is 9.74. The number of H-pyrrole nitrogens is 1. The van der Waals surface area contributed by atoms with Crippen molar-refractivity contribution in [3.63, 3.8) is 0 Å². The van der Waals surface area contributed by atoms with Crippen LogP contribution in [0.25, 0.3) is 10.9 Å². The normalized spacial score (nSPS) is 21.1. The van der Waals surface area contributed by atoms with E-state index in [1.165, 1.54) is 34.0 Å². The van der Waals surface area contributed by atoms with Crippen molar-refractivity contribution in [2.24, 2.45) is 0 Å². The van der Waals surface area contributed by atoms with Gasteiger partial charge >= 0.3 is 0 Å². The van der Waals surface area contributed by atoms with Crippen LogP contribution in [0.1, 0.15) is 30.0 Å². The highest BCUT2D eigenvalue weighted by Gasteiger charge is 2.35. The maximum atomic E-state index is 3.59. The highest BCUT2D eigenvalue weighted by molar-refractivity contribution is 5.80. The van der Waals surface area contributed by atoms with E-state index < -0.39 is 0 Å². The van der Waals surface area contributed by atoms with Gasteiger partial charge in [-0.1, -0.05) is 37.3 Å². The summed E-state index contributed by atoms with van der Waals surface area (Å²) in [7, 11) is 0. The summed E-state index contributed by atoms with van der Waals surface area (Å²) in [6.07, 6.45) is 5.45. The topological polar surface area (TPSA) is 27.8 Å². The number of rotatable bonds is 4. The van der Waals surface area contributed by atoms with E-state index in [0.717, 1.165) is 25.9 Å². The van der Waals surface area contributed by atoms with Crippen molar-refractivity contribution < 1.29 is 0 Å². The molecule has 0 aliphatic carbocycles. The molecule has 1 unspecified atom stereocenters. The Hall–Kier alpha value is -2.06. The zero-order valence-corrected chi connectivity index (χ0v) is 13.7. The Labute approximate surface area is 137 Å². The van der Waals surface area contributed by atoms with Crippen LogP contribution in [0.5, 0.6) is 0 Å². The van der Waals surface area contributed by atoms with E-state index in [0.29, 0.717) is 0 Å². The molecule has 0 radical (unpaired) electrons. The molecule has 0 amide bonds. The van der Waals surface area contributed by atoms with Crippen molar-refractivity contribution in [2.45, 2.75) is 31.6 Å². The lowest BCUT2D eigenvalue weighted by Gasteiger charge is -2.29. The van der Waals surface area contributed by atoms with Gasteiger partial charge in [-0.25, -0.2) is 0 Å². The van der Waals surface area contributed by atoms with Gasteiger partial charge < -0.3 is 10.3 Å². The average molecular weight is 304 g/mol. The zero-order valence-electron chi connectivity index (χ0n) is 13.7. The SMILES string of the molecule is CCc1cccc(CC2(c3ccc4[nH]ccc4c3)CCNC2)c1. The molecule has 1 aliphatic rings. The third-order valence-electron chi connectivity index (χ3n) is 5.35. The smallest absolute Gasteiger partial charge is 0.0454 e. The van der Waals surface area contributed by atoms with Gasteiger partial charge in [-0.15, -0.1) is 0 Å². The fourth-order valence-corrected chi connectivity index (χ4v) is 3.98. The summed E-state index contributed by atoms with van der Waals surface area (Å²) in [4.78, 5) is 3.30. The highest BCUT2D eigenvalue weighted by Crippen LogP contribution is 2.36. The van der Waals surface area contributed by atoms with Crippen molar-refractivity contribution >= 4 is 10.9 Å². The molecule has 0 spiro atoms. The van der Waals surface area contributed by atoms with Crippen LogP contribution >= 0.6 is 0 Å². The van der Waals surface area contributed by atoms with E-state index in [1.807, 2.05) is 6.20 Å². The van der Waals surface area contributed by atoms with Crippen LogP contribution < -0.4 is 5.32 Å². The van der Waals surface area contributed by atoms with Crippen LogP contribution in [0, 0.1) is 0 Å². The van der Waals surface area contributed by atoms with Gasteiger partial charge in [0.1, 0.15) is 0 Å². The zero-order chi connectivity index (χ0) is 15.7. The predicted octanol–water partition coefficient (Wildman–Crippen LogP) is 4.20. The van der Waals surface area contributed by atoms with E-state index in [9.17, 15) is 0 Å². The first-order valence-corrected chi connectivity index (χ1v) is 8.65. The molecule has 4 rings (SSSR count). The number of nitrogens with one attached hydrogen (secondary N) is 2. The second-order valence-electron chi connectivity index (χ2n) is 6.84. The lowest BCUT2D eigenvalue weighted by Crippen LogP contribution is -2.31. The molecule has 2 heterocycles. The van der Waals surface area contributed by atoms with Gasteiger partial charge in [-0.3, -0.25) is 0 Å². The average Bonchev–Trinajstić information content (AvgIpc) is 3.24. The van der Waals surface area contributed by atoms with Crippen LogP contribution in [-0.4, -0.2) is 18.1 Å². The second kappa shape index (κ2) is 5.86. The molecular weight excluding hydrogens is 280 g/mol. The van der Waals surface area contributed by atoms with Crippen LogP contribution in [0.3, 0.4) is 0 Å². The van der Waals surface area contributed by atoms with Crippen molar-refractivity contribution in [1.29, 1.82) is 0 Å². The fraction of sp³-hybridized carbons (Fsp3) is 0.333. The summed E-state index contributed by atoms with van der Waals surface area (Å²) in [6.45, 7) is 4.41. The Morgan fingerprint density at radius 2 is 1.96 bits per heavy atom. The minimum atomic E-state index is 0.220. The first-order valence-electron chi connectivity index (χ1n) is 8.65. The quantitative estimate of drug-likeness (QED) is 0.742. The van der Waals surface area contributed by atoms with Gasteiger partial charge in [0.15, 0.2) is 0 Å². The third kappa shape index (κ3) is 2.68. The number of fused-ring (bicyclic) bond motifs is 1. The number of hydrogen-bond donors (Lipinski definition) is 2. The molecule has 3 aromatic rings. The molecule has 2 aromatic carbocycles. The first-order chi connectivity index (χ1) is 11.3. The molecule has 1 atom stereocenters. The molecule has 0 saturated carbocycles. The fourth-order valence-electron chi connectivity index (χ4n) is 3.98. The van der Waals surface area contributed by atoms with Crippen molar-refractivity contribution in [1.82, 2.24) is 10.3 Å². The molecule has 118 valence electrons. The summed E-state index contributed by atoms with van der Waals surface area (Å²) in [6, 6.07) is 18.2. The van der Waals surface area contributed by atoms with Gasteiger partial charge in [0.05, 0.1) is 0 Å². The van der Waals surface area contributed by atoms with Crippen molar-refractivity contribution in [2.75, 3.05) is 13.1 Å². The van der Waals surface area contributed by atoms with E-state index in [4.69, 9.17) is 0 Å². The van der Waals surface area contributed by atoms with Crippen LogP contribution in [-0.2, 0) is 18.3 Å². The molecule has 1 saturated heterocycles. The Bertz CT molecular complexity index is 809. The Morgan fingerprint density at radius 3 is 2.78 bits per heavy atom. The molecule has 0 bridgehead atoms. The van der Waals surface area contributed by atoms with E-state index >= 15 is 0 Å². The molecule has 1 aliphatic heterocycles. The molecule has 2 nitrogen and oxygen atoms in total. The summed E-state index contributed by atoms with van der Waals surface area (Å²) in [5.74, 6) is 0. The number of aryl methyl sites for hydroxylation is 1. The van der Waals surface area contributed by atoms with Crippen LogP contribution in [0.4, 0.5) is 0 Å². The van der Waals surface area contributed by atoms with E-state index in [2.05, 4.69) is 65.8 Å². The third-order valence-corrected chi connectivity index (χ3v) is 5.35. The summed E-state index contributed by atoms with van der Waals surface area (Å²) >= 11 is 0. The minimum Gasteiger partial charge on any atom is -0.361 e. The summed E-state index contributed by atoms with van der Waals surface area (Å²) < 4.78 is 0. The number of benzene rings is 2. The second-order valence-corrected chi connectivity index (χ2v) is 6.84. The molecule has 1 fully saturated rings. The monoisotopic (exact) mass is 304 g/mol. The summed E-state index contributed by atoms with van der Waals surface area (Å²) in [5.41, 5.74) is 5.81. The van der Waals surface area contributed by atoms with E-state index in [-0.39, 0.29) is 5.41 Å². The Kier molecular flexibility index (Phi) is 3.70. The Balaban J connectivity index is 1.73. The maximum Gasteiger partial charge on any atom is 0.0454 e. The van der Waals surface area contributed by atoms with Crippen molar-refractivity contribution in [3.8, 4) is 0 Å². The highest BCUT2D eigenvalue weighted by atomic mass is 14.9. The first kappa shape index (κ1) is 14.5. The molecule has 23 heavy (non-hydrogen) atoms. The molecule has 2 N–H and O–H groups in total. The number of aromatic nitrogens is 1. The molecule has 1 aromatic heterocycles. The molecular formula is C21H24N2.